The van der Waals surface area contributed by atoms with Gasteiger partial charge in [-0.05, 0) is 24.6 Å². The van der Waals surface area contributed by atoms with E-state index in [0.29, 0.717) is 17.9 Å². The number of nitrogens with two attached hydrogens (primary N) is 1. The van der Waals surface area contributed by atoms with Gasteiger partial charge in [-0.2, -0.15) is 0 Å². The SMILES string of the molecule is Br.NCCCS(=O)(=O)c1ccccc1-c1ccccc1. The fraction of sp³-hybridized carbons (Fsp3) is 0.200. The lowest BCUT2D eigenvalue weighted by molar-refractivity contribution is 0.594. The van der Waals surface area contributed by atoms with Crippen LogP contribution in [0.2, 0.25) is 0 Å². The van der Waals surface area contributed by atoms with Gasteiger partial charge in [0.15, 0.2) is 9.84 Å². The van der Waals surface area contributed by atoms with E-state index in [9.17, 15) is 8.42 Å². The van der Waals surface area contributed by atoms with Gasteiger partial charge >= 0.3 is 0 Å². The third-order valence-electron chi connectivity index (χ3n) is 2.92. The minimum Gasteiger partial charge on any atom is -0.330 e. The number of rotatable bonds is 5. The molecule has 0 amide bonds. The van der Waals surface area contributed by atoms with Crippen LogP contribution in [0.1, 0.15) is 6.42 Å². The third-order valence-corrected chi connectivity index (χ3v) is 4.78. The number of halogens is 1. The minimum absolute atomic E-state index is 0. The van der Waals surface area contributed by atoms with Gasteiger partial charge in [0.05, 0.1) is 10.6 Å². The Morgan fingerprint density at radius 1 is 0.900 bits per heavy atom. The molecule has 0 aliphatic heterocycles. The Kier molecular flexibility index (Phi) is 6.39. The molecule has 3 nitrogen and oxygen atoms in total. The van der Waals surface area contributed by atoms with Crippen molar-refractivity contribution >= 4 is 26.8 Å². The molecule has 2 N–H and O–H groups in total. The number of hydrogen-bond donors (Lipinski definition) is 1. The summed E-state index contributed by atoms with van der Waals surface area (Å²) in [7, 11) is -3.28. The zero-order valence-corrected chi connectivity index (χ0v) is 13.6. The Labute approximate surface area is 130 Å². The molecule has 0 atom stereocenters. The van der Waals surface area contributed by atoms with Crippen molar-refractivity contribution in [3.8, 4) is 11.1 Å². The molecule has 5 heteroatoms. The Morgan fingerprint density at radius 3 is 2.15 bits per heavy atom. The first-order chi connectivity index (χ1) is 9.15. The van der Waals surface area contributed by atoms with Crippen LogP contribution in [0.15, 0.2) is 59.5 Å². The van der Waals surface area contributed by atoms with Crippen LogP contribution >= 0.6 is 17.0 Å². The van der Waals surface area contributed by atoms with Gasteiger partial charge in [-0.3, -0.25) is 0 Å². The summed E-state index contributed by atoms with van der Waals surface area (Å²) in [6, 6.07) is 16.6. The van der Waals surface area contributed by atoms with Crippen molar-refractivity contribution < 1.29 is 8.42 Å². The third kappa shape index (κ3) is 3.91. The first-order valence-electron chi connectivity index (χ1n) is 6.22. The van der Waals surface area contributed by atoms with Crippen molar-refractivity contribution in [1.82, 2.24) is 0 Å². The molecule has 0 saturated carbocycles. The van der Waals surface area contributed by atoms with Crippen LogP contribution in [-0.4, -0.2) is 20.7 Å². The zero-order chi connectivity index (χ0) is 13.7. The molecular formula is C15H18BrNO2S. The molecule has 0 fully saturated rings. The maximum absolute atomic E-state index is 12.3. The second-order valence-corrected chi connectivity index (χ2v) is 6.40. The van der Waals surface area contributed by atoms with Crippen LogP contribution in [-0.2, 0) is 9.84 Å². The van der Waals surface area contributed by atoms with E-state index in [1.54, 1.807) is 12.1 Å². The van der Waals surface area contributed by atoms with E-state index in [0.717, 1.165) is 11.1 Å². The van der Waals surface area contributed by atoms with Gasteiger partial charge in [0.25, 0.3) is 0 Å². The van der Waals surface area contributed by atoms with Gasteiger partial charge in [0.1, 0.15) is 0 Å². The van der Waals surface area contributed by atoms with Gasteiger partial charge in [-0.1, -0.05) is 48.5 Å². The first-order valence-corrected chi connectivity index (χ1v) is 7.87. The van der Waals surface area contributed by atoms with E-state index in [2.05, 4.69) is 0 Å². The Bertz CT molecular complexity index is 642. The summed E-state index contributed by atoms with van der Waals surface area (Å²) in [6.07, 6.45) is 0.478. The lowest BCUT2D eigenvalue weighted by atomic mass is 10.1. The van der Waals surface area contributed by atoms with E-state index in [1.807, 2.05) is 42.5 Å². The zero-order valence-electron chi connectivity index (χ0n) is 11.0. The largest absolute Gasteiger partial charge is 0.330 e. The Balaban J connectivity index is 0.00000200. The van der Waals surface area contributed by atoms with Crippen molar-refractivity contribution in [2.24, 2.45) is 5.73 Å². The summed E-state index contributed by atoms with van der Waals surface area (Å²) >= 11 is 0. The molecule has 2 rings (SSSR count). The van der Waals surface area contributed by atoms with E-state index >= 15 is 0 Å². The lowest BCUT2D eigenvalue weighted by Crippen LogP contribution is -2.12. The van der Waals surface area contributed by atoms with Crippen LogP contribution in [0, 0.1) is 0 Å². The molecule has 0 saturated heterocycles. The van der Waals surface area contributed by atoms with Crippen molar-refractivity contribution in [2.75, 3.05) is 12.3 Å². The summed E-state index contributed by atoms with van der Waals surface area (Å²) in [5.74, 6) is 0.0906. The topological polar surface area (TPSA) is 60.2 Å². The number of benzene rings is 2. The lowest BCUT2D eigenvalue weighted by Gasteiger charge is -2.10. The van der Waals surface area contributed by atoms with Gasteiger partial charge in [-0.25, -0.2) is 8.42 Å². The predicted molar refractivity (Wildman–Crippen MR) is 87.9 cm³/mol. The van der Waals surface area contributed by atoms with Crippen molar-refractivity contribution in [1.29, 1.82) is 0 Å². The molecule has 0 bridgehead atoms. The monoisotopic (exact) mass is 355 g/mol. The van der Waals surface area contributed by atoms with Crippen molar-refractivity contribution in [3.63, 3.8) is 0 Å². The molecule has 0 aromatic heterocycles. The molecule has 0 spiro atoms. The highest BCUT2D eigenvalue weighted by atomic mass is 79.9. The van der Waals surface area contributed by atoms with Gasteiger partial charge in [0.2, 0.25) is 0 Å². The van der Waals surface area contributed by atoms with Crippen LogP contribution in [0.3, 0.4) is 0 Å². The van der Waals surface area contributed by atoms with Crippen molar-refractivity contribution in [3.05, 3.63) is 54.6 Å². The Morgan fingerprint density at radius 2 is 1.50 bits per heavy atom. The highest BCUT2D eigenvalue weighted by molar-refractivity contribution is 8.93. The van der Waals surface area contributed by atoms with E-state index < -0.39 is 9.84 Å². The summed E-state index contributed by atoms with van der Waals surface area (Å²) in [4.78, 5) is 0.384. The predicted octanol–water partition coefficient (Wildman–Crippen LogP) is 3.05. The summed E-state index contributed by atoms with van der Waals surface area (Å²) in [5, 5.41) is 0. The smallest absolute Gasteiger partial charge is 0.179 e. The molecular weight excluding hydrogens is 338 g/mol. The molecule has 108 valence electrons. The average Bonchev–Trinajstić information content (AvgIpc) is 2.46. The molecule has 2 aromatic carbocycles. The van der Waals surface area contributed by atoms with Gasteiger partial charge < -0.3 is 5.73 Å². The molecule has 0 aliphatic rings. The summed E-state index contributed by atoms with van der Waals surface area (Å²) in [6.45, 7) is 0.382. The normalized spacial score (nSPS) is 10.8. The summed E-state index contributed by atoms with van der Waals surface area (Å²) < 4.78 is 24.7. The van der Waals surface area contributed by atoms with Crippen LogP contribution in [0.25, 0.3) is 11.1 Å². The number of sulfone groups is 1. The fourth-order valence-electron chi connectivity index (χ4n) is 1.98. The molecule has 0 radical (unpaired) electrons. The number of hydrogen-bond acceptors (Lipinski definition) is 3. The van der Waals surface area contributed by atoms with Crippen LogP contribution < -0.4 is 5.73 Å². The van der Waals surface area contributed by atoms with Crippen LogP contribution in [0.5, 0.6) is 0 Å². The molecule has 2 aromatic rings. The van der Waals surface area contributed by atoms with Crippen LogP contribution in [0.4, 0.5) is 0 Å². The first kappa shape index (κ1) is 16.9. The van der Waals surface area contributed by atoms with Gasteiger partial charge in [-0.15, -0.1) is 17.0 Å². The molecule has 0 aliphatic carbocycles. The second-order valence-electron chi connectivity index (χ2n) is 4.32. The van der Waals surface area contributed by atoms with Crippen molar-refractivity contribution in [2.45, 2.75) is 11.3 Å². The average molecular weight is 356 g/mol. The van der Waals surface area contributed by atoms with E-state index in [-0.39, 0.29) is 22.7 Å². The second kappa shape index (κ2) is 7.57. The molecule has 0 heterocycles. The summed E-state index contributed by atoms with van der Waals surface area (Å²) in [5.41, 5.74) is 7.06. The molecule has 20 heavy (non-hydrogen) atoms. The highest BCUT2D eigenvalue weighted by Gasteiger charge is 2.18. The van der Waals surface area contributed by atoms with E-state index in [4.69, 9.17) is 5.73 Å². The van der Waals surface area contributed by atoms with Gasteiger partial charge in [0, 0.05) is 5.56 Å². The standard InChI is InChI=1S/C15H17NO2S.BrH/c16-11-6-12-19(17,18)15-10-5-4-9-14(15)13-7-2-1-3-8-13;/h1-5,7-10H,6,11-12,16H2;1H. The quantitative estimate of drug-likeness (QED) is 0.896. The fourth-order valence-corrected chi connectivity index (χ4v) is 3.55. The maximum atomic E-state index is 12.3. The minimum atomic E-state index is -3.28. The highest BCUT2D eigenvalue weighted by Crippen LogP contribution is 2.27. The molecule has 0 unspecified atom stereocenters. The Hall–Kier alpha value is -1.17. The maximum Gasteiger partial charge on any atom is 0.179 e. The van der Waals surface area contributed by atoms with E-state index in [1.165, 1.54) is 0 Å².